The Morgan fingerprint density at radius 2 is 2.24 bits per heavy atom. The first-order chi connectivity index (χ1) is 9.88. The van der Waals surface area contributed by atoms with Gasteiger partial charge in [0.05, 0.1) is 0 Å². The van der Waals surface area contributed by atoms with Crippen LogP contribution in [0.2, 0.25) is 0 Å². The van der Waals surface area contributed by atoms with Gasteiger partial charge >= 0.3 is 5.82 Å². The summed E-state index contributed by atoms with van der Waals surface area (Å²) in [5.41, 5.74) is 0. The molecule has 1 atom stereocenters. The molecule has 0 bridgehead atoms. The summed E-state index contributed by atoms with van der Waals surface area (Å²) < 4.78 is 1.52. The maximum atomic E-state index is 11.3. The Balaban J connectivity index is 2.28. The molecule has 2 rings (SSSR count). The summed E-state index contributed by atoms with van der Waals surface area (Å²) in [6, 6.07) is 0.128. The molecule has 0 saturated heterocycles. The van der Waals surface area contributed by atoms with Crippen LogP contribution in [0.1, 0.15) is 20.3 Å². The molecule has 1 N–H and O–H groups in total. The highest BCUT2D eigenvalue weighted by molar-refractivity contribution is 7.15. The number of rotatable bonds is 7. The predicted octanol–water partition coefficient (Wildman–Crippen LogP) is 2.69. The number of hydrogen-bond acceptors (Lipinski definition) is 6. The minimum Gasteiger partial charge on any atom is -0.359 e. The van der Waals surface area contributed by atoms with Crippen molar-refractivity contribution >= 4 is 27.9 Å². The molecule has 0 aliphatic carbocycles. The lowest BCUT2D eigenvalue weighted by atomic mass is 10.0. The zero-order chi connectivity index (χ0) is 15.6. The number of nitrogens with one attached hydrogen (secondary N) is 1. The van der Waals surface area contributed by atoms with Crippen LogP contribution >= 0.6 is 11.3 Å². The first-order valence-electron chi connectivity index (χ1n) is 6.89. The molecule has 116 valence electrons. The molecule has 0 aliphatic rings. The van der Waals surface area contributed by atoms with E-state index in [-0.39, 0.29) is 16.8 Å². The average Bonchev–Trinajstić information content (AvgIpc) is 2.85. The molecule has 8 heteroatoms. The second kappa shape index (κ2) is 6.40. The van der Waals surface area contributed by atoms with Gasteiger partial charge in [-0.2, -0.15) is 9.38 Å². The summed E-state index contributed by atoms with van der Waals surface area (Å²) in [6.07, 6.45) is 2.61. The number of likely N-dealkylation sites (N-methyl/N-ethyl adjacent to an activating group) is 1. The summed E-state index contributed by atoms with van der Waals surface area (Å²) >= 11 is 1.39. The Morgan fingerprint density at radius 3 is 2.81 bits per heavy atom. The lowest BCUT2D eigenvalue weighted by molar-refractivity contribution is -0.389. The first kappa shape index (κ1) is 15.7. The fourth-order valence-electron chi connectivity index (χ4n) is 2.43. The summed E-state index contributed by atoms with van der Waals surface area (Å²) in [4.78, 5) is 18.0. The third-order valence-electron chi connectivity index (χ3n) is 3.09. The summed E-state index contributed by atoms with van der Waals surface area (Å²) in [7, 11) is 3.99. The van der Waals surface area contributed by atoms with Crippen LogP contribution in [-0.4, -0.2) is 45.9 Å². The van der Waals surface area contributed by atoms with Crippen LogP contribution < -0.4 is 5.32 Å². The van der Waals surface area contributed by atoms with Gasteiger partial charge in [-0.1, -0.05) is 25.2 Å². The normalized spacial score (nSPS) is 13.2. The molecule has 21 heavy (non-hydrogen) atoms. The zero-order valence-corrected chi connectivity index (χ0v) is 13.6. The van der Waals surface area contributed by atoms with E-state index in [9.17, 15) is 10.1 Å². The van der Waals surface area contributed by atoms with E-state index in [4.69, 9.17) is 0 Å². The number of thiazole rings is 1. The van der Waals surface area contributed by atoms with Crippen LogP contribution in [0.4, 0.5) is 11.6 Å². The lowest BCUT2D eigenvalue weighted by Gasteiger charge is -2.23. The van der Waals surface area contributed by atoms with Crippen molar-refractivity contribution in [2.45, 2.75) is 26.3 Å². The van der Waals surface area contributed by atoms with Crippen molar-refractivity contribution in [2.24, 2.45) is 5.92 Å². The minimum atomic E-state index is -0.378. The SMILES string of the molecule is CC(C)CC(CN(C)C)Nc1nc2sccn2c1[N+](=O)[O-]. The summed E-state index contributed by atoms with van der Waals surface area (Å²) in [5, 5.41) is 16.4. The number of aromatic nitrogens is 2. The summed E-state index contributed by atoms with van der Waals surface area (Å²) in [6.45, 7) is 5.09. The molecule has 2 aromatic rings. The van der Waals surface area contributed by atoms with E-state index in [1.165, 1.54) is 15.7 Å². The smallest absolute Gasteiger partial charge is 0.359 e. The quantitative estimate of drug-likeness (QED) is 0.628. The van der Waals surface area contributed by atoms with Gasteiger partial charge in [-0.3, -0.25) is 0 Å². The Hall–Kier alpha value is -1.67. The fraction of sp³-hybridized carbons (Fsp3) is 0.615. The number of nitro groups is 1. The molecule has 1 unspecified atom stereocenters. The van der Waals surface area contributed by atoms with Crippen molar-refractivity contribution in [2.75, 3.05) is 26.0 Å². The van der Waals surface area contributed by atoms with E-state index >= 15 is 0 Å². The van der Waals surface area contributed by atoms with Crippen molar-refractivity contribution in [3.63, 3.8) is 0 Å². The molecule has 2 aromatic heterocycles. The molecule has 0 fully saturated rings. The standard InChI is InChI=1S/C13H21N5O2S/c1-9(2)7-10(8-16(3)4)14-11-12(18(19)20)17-5-6-21-13(17)15-11/h5-6,9-10,14H,7-8H2,1-4H3. The Kier molecular flexibility index (Phi) is 4.79. The number of anilines is 1. The van der Waals surface area contributed by atoms with E-state index in [1.807, 2.05) is 14.1 Å². The summed E-state index contributed by atoms with van der Waals surface area (Å²) in [5.74, 6) is 0.878. The maximum Gasteiger partial charge on any atom is 0.372 e. The van der Waals surface area contributed by atoms with Crippen molar-refractivity contribution in [3.05, 3.63) is 21.7 Å². The van der Waals surface area contributed by atoms with E-state index in [0.29, 0.717) is 16.7 Å². The number of nitrogens with zero attached hydrogens (tertiary/aromatic N) is 4. The number of hydrogen-bond donors (Lipinski definition) is 1. The molecule has 0 saturated carbocycles. The number of fused-ring (bicyclic) bond motifs is 1. The van der Waals surface area contributed by atoms with Crippen molar-refractivity contribution in [1.29, 1.82) is 0 Å². The van der Waals surface area contributed by atoms with Gasteiger partial charge in [-0.25, -0.2) is 0 Å². The van der Waals surface area contributed by atoms with Crippen LogP contribution in [-0.2, 0) is 0 Å². The maximum absolute atomic E-state index is 11.3. The van der Waals surface area contributed by atoms with Crippen LogP contribution in [0.25, 0.3) is 4.96 Å². The molecular weight excluding hydrogens is 290 g/mol. The van der Waals surface area contributed by atoms with E-state index in [0.717, 1.165) is 13.0 Å². The van der Waals surface area contributed by atoms with E-state index in [1.54, 1.807) is 11.6 Å². The van der Waals surface area contributed by atoms with Gasteiger partial charge in [-0.05, 0) is 31.4 Å². The predicted molar refractivity (Wildman–Crippen MR) is 85.1 cm³/mol. The Bertz CT molecular complexity index is 609. The van der Waals surface area contributed by atoms with Crippen LogP contribution in [0.5, 0.6) is 0 Å². The van der Waals surface area contributed by atoms with E-state index < -0.39 is 0 Å². The topological polar surface area (TPSA) is 75.7 Å². The zero-order valence-electron chi connectivity index (χ0n) is 12.7. The van der Waals surface area contributed by atoms with Crippen molar-refractivity contribution in [3.8, 4) is 0 Å². The van der Waals surface area contributed by atoms with Gasteiger partial charge in [0.1, 0.15) is 6.20 Å². The van der Waals surface area contributed by atoms with Crippen molar-refractivity contribution < 1.29 is 4.92 Å². The molecule has 0 radical (unpaired) electrons. The highest BCUT2D eigenvalue weighted by Gasteiger charge is 2.25. The molecule has 7 nitrogen and oxygen atoms in total. The first-order valence-corrected chi connectivity index (χ1v) is 7.77. The largest absolute Gasteiger partial charge is 0.372 e. The Morgan fingerprint density at radius 1 is 1.52 bits per heavy atom. The van der Waals surface area contributed by atoms with Gasteiger partial charge in [0, 0.05) is 18.0 Å². The van der Waals surface area contributed by atoms with Crippen LogP contribution in [0, 0.1) is 16.0 Å². The second-order valence-corrected chi connectivity index (χ2v) is 6.70. The van der Waals surface area contributed by atoms with E-state index in [2.05, 4.69) is 29.0 Å². The van der Waals surface area contributed by atoms with Gasteiger partial charge < -0.3 is 20.3 Å². The monoisotopic (exact) mass is 311 g/mol. The molecule has 0 amide bonds. The van der Waals surface area contributed by atoms with Gasteiger partial charge in [0.15, 0.2) is 0 Å². The van der Waals surface area contributed by atoms with Gasteiger partial charge in [0.2, 0.25) is 5.82 Å². The third kappa shape index (κ3) is 3.70. The van der Waals surface area contributed by atoms with Gasteiger partial charge in [0.25, 0.3) is 4.96 Å². The minimum absolute atomic E-state index is 0.0127. The van der Waals surface area contributed by atoms with Gasteiger partial charge in [-0.15, -0.1) is 0 Å². The van der Waals surface area contributed by atoms with Crippen molar-refractivity contribution in [1.82, 2.24) is 14.3 Å². The molecular formula is C13H21N5O2S. The molecule has 0 spiro atoms. The second-order valence-electron chi connectivity index (χ2n) is 5.83. The van der Waals surface area contributed by atoms with Crippen LogP contribution in [0.15, 0.2) is 11.6 Å². The average molecular weight is 311 g/mol. The number of imidazole rings is 1. The molecule has 2 heterocycles. The molecule has 0 aromatic carbocycles. The molecule has 0 aliphatic heterocycles. The Labute approximate surface area is 127 Å². The van der Waals surface area contributed by atoms with Crippen LogP contribution in [0.3, 0.4) is 0 Å². The lowest BCUT2D eigenvalue weighted by Crippen LogP contribution is -2.33. The third-order valence-corrected chi connectivity index (χ3v) is 3.85. The highest BCUT2D eigenvalue weighted by Crippen LogP contribution is 2.29. The fourth-order valence-corrected chi connectivity index (χ4v) is 3.14. The highest BCUT2D eigenvalue weighted by atomic mass is 32.1.